The molecule has 2 N–H and O–H groups in total. The average Bonchev–Trinajstić information content (AvgIpc) is 3.28. The van der Waals surface area contributed by atoms with E-state index in [0.29, 0.717) is 6.04 Å². The molecule has 158 valence electrons. The van der Waals surface area contributed by atoms with Gasteiger partial charge in [0.2, 0.25) is 11.8 Å². The second kappa shape index (κ2) is 9.64. The second-order valence-corrected chi connectivity index (χ2v) is 9.12. The summed E-state index contributed by atoms with van der Waals surface area (Å²) in [5.74, 6) is 0.421. The van der Waals surface area contributed by atoms with Crippen LogP contribution in [-0.4, -0.2) is 30.9 Å². The molecule has 29 heavy (non-hydrogen) atoms. The van der Waals surface area contributed by atoms with E-state index in [9.17, 15) is 9.59 Å². The summed E-state index contributed by atoms with van der Waals surface area (Å²) in [5.41, 5.74) is 2.12. The largest absolute Gasteiger partial charge is 0.372 e. The average molecular weight is 398 g/mol. The van der Waals surface area contributed by atoms with Crippen LogP contribution in [0.15, 0.2) is 24.3 Å². The molecule has 1 heterocycles. The first-order valence-electron chi connectivity index (χ1n) is 11.7. The van der Waals surface area contributed by atoms with Crippen molar-refractivity contribution in [3.63, 3.8) is 0 Å². The molecule has 0 bridgehead atoms. The number of nitrogens with one attached hydrogen (secondary N) is 2. The van der Waals surface area contributed by atoms with Crippen molar-refractivity contribution in [3.8, 4) is 0 Å². The van der Waals surface area contributed by atoms with Crippen LogP contribution in [0.1, 0.15) is 70.6 Å². The minimum atomic E-state index is 0.0206. The number of carbonyl (C=O) groups is 2. The number of carbonyl (C=O) groups excluding carboxylic acids is 2. The molecule has 1 aromatic rings. The van der Waals surface area contributed by atoms with Crippen molar-refractivity contribution in [1.29, 1.82) is 0 Å². The molecule has 5 nitrogen and oxygen atoms in total. The fraction of sp³-hybridized carbons (Fsp3) is 0.667. The topological polar surface area (TPSA) is 61.4 Å². The van der Waals surface area contributed by atoms with Crippen LogP contribution in [0.25, 0.3) is 0 Å². The summed E-state index contributed by atoms with van der Waals surface area (Å²) in [4.78, 5) is 27.6. The van der Waals surface area contributed by atoms with E-state index < -0.39 is 0 Å². The number of hydrogen-bond donors (Lipinski definition) is 2. The molecule has 5 heteroatoms. The standard InChI is InChI=1S/C24H35N3O2/c28-23(25-20-6-2-3-7-20)18-8-10-19(11-9-18)24(29)26-21-12-14-22(15-13-21)27-16-4-1-5-17-27/h12-15,18-20H,1-11,16-17H2,(H,25,28)(H,26,29). The van der Waals surface area contributed by atoms with Crippen molar-refractivity contribution in [2.45, 2.75) is 76.7 Å². The molecule has 0 aromatic heterocycles. The molecule has 4 rings (SSSR count). The molecule has 2 amide bonds. The summed E-state index contributed by atoms with van der Waals surface area (Å²) in [6.45, 7) is 2.26. The van der Waals surface area contributed by atoms with Gasteiger partial charge in [-0.25, -0.2) is 0 Å². The van der Waals surface area contributed by atoms with Crippen LogP contribution in [0.4, 0.5) is 11.4 Å². The third-order valence-corrected chi connectivity index (χ3v) is 7.03. The molecular weight excluding hydrogens is 362 g/mol. The van der Waals surface area contributed by atoms with Crippen LogP contribution < -0.4 is 15.5 Å². The lowest BCUT2D eigenvalue weighted by Gasteiger charge is -2.29. The molecule has 1 aromatic carbocycles. The quantitative estimate of drug-likeness (QED) is 0.770. The Kier molecular flexibility index (Phi) is 6.73. The highest BCUT2D eigenvalue weighted by Gasteiger charge is 2.31. The van der Waals surface area contributed by atoms with Crippen LogP contribution in [0, 0.1) is 11.8 Å². The summed E-state index contributed by atoms with van der Waals surface area (Å²) in [5, 5.41) is 6.31. The molecule has 3 fully saturated rings. The van der Waals surface area contributed by atoms with Crippen LogP contribution in [-0.2, 0) is 9.59 Å². The molecule has 2 saturated carbocycles. The Hall–Kier alpha value is -2.04. The van der Waals surface area contributed by atoms with Gasteiger partial charge in [-0.05, 0) is 82.1 Å². The van der Waals surface area contributed by atoms with Gasteiger partial charge in [-0.1, -0.05) is 12.8 Å². The van der Waals surface area contributed by atoms with E-state index in [-0.39, 0.29) is 23.7 Å². The summed E-state index contributed by atoms with van der Waals surface area (Å²) >= 11 is 0. The SMILES string of the molecule is O=C(Nc1ccc(N2CCCCC2)cc1)C1CCC(C(=O)NC2CCCC2)CC1. The Bertz CT molecular complexity index is 683. The van der Waals surface area contributed by atoms with E-state index in [0.717, 1.165) is 57.3 Å². The highest BCUT2D eigenvalue weighted by molar-refractivity contribution is 5.93. The molecule has 0 spiro atoms. The first-order valence-corrected chi connectivity index (χ1v) is 11.7. The number of nitrogens with zero attached hydrogens (tertiary/aromatic N) is 1. The summed E-state index contributed by atoms with van der Waals surface area (Å²) < 4.78 is 0. The van der Waals surface area contributed by atoms with Crippen molar-refractivity contribution in [1.82, 2.24) is 5.32 Å². The molecule has 2 aliphatic carbocycles. The molecule has 0 radical (unpaired) electrons. The number of hydrogen-bond acceptors (Lipinski definition) is 3. The minimum Gasteiger partial charge on any atom is -0.372 e. The van der Waals surface area contributed by atoms with Gasteiger partial charge >= 0.3 is 0 Å². The molecule has 0 atom stereocenters. The minimum absolute atomic E-state index is 0.0206. The Morgan fingerprint density at radius 2 is 1.31 bits per heavy atom. The van der Waals surface area contributed by atoms with E-state index in [1.807, 2.05) is 12.1 Å². The van der Waals surface area contributed by atoms with Crippen molar-refractivity contribution in [2.24, 2.45) is 11.8 Å². The lowest BCUT2D eigenvalue weighted by atomic mass is 9.81. The van der Waals surface area contributed by atoms with Gasteiger partial charge in [0.25, 0.3) is 0 Å². The third-order valence-electron chi connectivity index (χ3n) is 7.03. The number of amides is 2. The van der Waals surface area contributed by atoms with Gasteiger partial charge in [0.15, 0.2) is 0 Å². The summed E-state index contributed by atoms with van der Waals surface area (Å²) in [6.07, 6.45) is 11.8. The molecule has 1 saturated heterocycles. The van der Waals surface area contributed by atoms with Gasteiger partial charge in [0.05, 0.1) is 0 Å². The highest BCUT2D eigenvalue weighted by atomic mass is 16.2. The third kappa shape index (κ3) is 5.31. The van der Waals surface area contributed by atoms with Gasteiger partial charge in [0.1, 0.15) is 0 Å². The smallest absolute Gasteiger partial charge is 0.227 e. The van der Waals surface area contributed by atoms with Crippen LogP contribution in [0.2, 0.25) is 0 Å². The zero-order chi connectivity index (χ0) is 20.1. The van der Waals surface area contributed by atoms with E-state index >= 15 is 0 Å². The predicted molar refractivity (Wildman–Crippen MR) is 117 cm³/mol. The number of piperidine rings is 1. The van der Waals surface area contributed by atoms with Crippen molar-refractivity contribution >= 4 is 23.2 Å². The first kappa shape index (κ1) is 20.2. The molecular formula is C24H35N3O2. The summed E-state index contributed by atoms with van der Waals surface area (Å²) in [7, 11) is 0. The second-order valence-electron chi connectivity index (χ2n) is 9.12. The predicted octanol–water partition coefficient (Wildman–Crippen LogP) is 4.48. The molecule has 1 aliphatic heterocycles. The van der Waals surface area contributed by atoms with Crippen molar-refractivity contribution < 1.29 is 9.59 Å². The van der Waals surface area contributed by atoms with E-state index in [2.05, 4.69) is 27.7 Å². The Labute approximate surface area is 174 Å². The first-order chi connectivity index (χ1) is 14.2. The maximum Gasteiger partial charge on any atom is 0.227 e. The number of rotatable bonds is 5. The van der Waals surface area contributed by atoms with E-state index in [1.54, 1.807) is 0 Å². The zero-order valence-corrected chi connectivity index (χ0v) is 17.5. The van der Waals surface area contributed by atoms with Crippen LogP contribution >= 0.6 is 0 Å². The van der Waals surface area contributed by atoms with Gasteiger partial charge in [-0.3, -0.25) is 9.59 Å². The van der Waals surface area contributed by atoms with Crippen LogP contribution in [0.3, 0.4) is 0 Å². The monoisotopic (exact) mass is 397 g/mol. The van der Waals surface area contributed by atoms with Gasteiger partial charge < -0.3 is 15.5 Å². The molecule has 3 aliphatic rings. The Morgan fingerprint density at radius 3 is 1.93 bits per heavy atom. The van der Waals surface area contributed by atoms with Crippen molar-refractivity contribution in [2.75, 3.05) is 23.3 Å². The maximum absolute atomic E-state index is 12.7. The molecule has 0 unspecified atom stereocenters. The highest BCUT2D eigenvalue weighted by Crippen LogP contribution is 2.31. The van der Waals surface area contributed by atoms with Crippen LogP contribution in [0.5, 0.6) is 0 Å². The summed E-state index contributed by atoms with van der Waals surface area (Å²) in [6, 6.07) is 8.65. The Balaban J connectivity index is 1.22. The fourth-order valence-electron chi connectivity index (χ4n) is 5.16. The number of benzene rings is 1. The van der Waals surface area contributed by atoms with Gasteiger partial charge in [0, 0.05) is 42.3 Å². The lowest BCUT2D eigenvalue weighted by Crippen LogP contribution is -2.39. The van der Waals surface area contributed by atoms with Gasteiger partial charge in [-0.15, -0.1) is 0 Å². The van der Waals surface area contributed by atoms with E-state index in [4.69, 9.17) is 0 Å². The lowest BCUT2D eigenvalue weighted by molar-refractivity contribution is -0.129. The van der Waals surface area contributed by atoms with Crippen molar-refractivity contribution in [3.05, 3.63) is 24.3 Å². The zero-order valence-electron chi connectivity index (χ0n) is 17.5. The van der Waals surface area contributed by atoms with Gasteiger partial charge in [-0.2, -0.15) is 0 Å². The van der Waals surface area contributed by atoms with E-state index in [1.165, 1.54) is 37.8 Å². The number of anilines is 2. The maximum atomic E-state index is 12.7. The normalized spacial score (nSPS) is 25.6. The Morgan fingerprint density at radius 1 is 0.724 bits per heavy atom. The fourth-order valence-corrected chi connectivity index (χ4v) is 5.16.